The first-order chi connectivity index (χ1) is 12.3. The smallest absolute Gasteiger partial charge is 0.258 e. The highest BCUT2D eigenvalue weighted by Crippen LogP contribution is 2.39. The Morgan fingerprint density at radius 1 is 0.680 bits per heavy atom. The predicted molar refractivity (Wildman–Crippen MR) is 96.6 cm³/mol. The summed E-state index contributed by atoms with van der Waals surface area (Å²) < 4.78 is 0. The molecule has 4 heteroatoms. The largest absolute Gasteiger partial charge is 0.277 e. The maximum absolute atomic E-state index is 13.3. The molecule has 3 aromatic rings. The molecule has 0 saturated carbocycles. The second-order valence-electron chi connectivity index (χ2n) is 5.56. The van der Waals surface area contributed by atoms with Crippen molar-refractivity contribution in [3.63, 3.8) is 0 Å². The molecule has 0 aliphatic rings. The lowest BCUT2D eigenvalue weighted by atomic mass is 9.69. The van der Waals surface area contributed by atoms with Crippen LogP contribution in [0.3, 0.4) is 0 Å². The van der Waals surface area contributed by atoms with Gasteiger partial charge >= 0.3 is 0 Å². The Hall–Kier alpha value is -3.40. The van der Waals surface area contributed by atoms with Gasteiger partial charge in [0.25, 0.3) is 5.91 Å². The maximum Gasteiger partial charge on any atom is 0.258 e. The van der Waals surface area contributed by atoms with Gasteiger partial charge in [-0.3, -0.25) is 20.4 Å². The van der Waals surface area contributed by atoms with Crippen molar-refractivity contribution in [2.24, 2.45) is 0 Å². The molecule has 0 fully saturated rings. The molecule has 4 nitrogen and oxygen atoms in total. The number of rotatable bonds is 6. The topological polar surface area (TPSA) is 58.2 Å². The lowest BCUT2D eigenvalue weighted by molar-refractivity contribution is -0.127. The molecule has 0 aliphatic heterocycles. The number of nitrogens with one attached hydrogen (secondary N) is 2. The minimum absolute atomic E-state index is 0.330. The Balaban J connectivity index is 2.31. The van der Waals surface area contributed by atoms with E-state index in [9.17, 15) is 9.59 Å². The standard InChI is InChI=1S/C21H18N2O2/c24-16-22-23-20(25)21(17-10-4-1-5-11-17,18-12-6-2-7-13-18)19-14-8-3-9-15-19/h1-16H,(H,22,24)(H,23,25). The second kappa shape index (κ2) is 7.45. The molecule has 0 radical (unpaired) electrons. The highest BCUT2D eigenvalue weighted by molar-refractivity contribution is 5.96. The Morgan fingerprint density at radius 2 is 1.04 bits per heavy atom. The number of hydrazine groups is 1. The predicted octanol–water partition coefficient (Wildman–Crippen LogP) is 2.80. The molecular formula is C21H18N2O2. The van der Waals surface area contributed by atoms with Gasteiger partial charge in [-0.2, -0.15) is 0 Å². The molecular weight excluding hydrogens is 312 g/mol. The van der Waals surface area contributed by atoms with E-state index in [1.807, 2.05) is 91.0 Å². The van der Waals surface area contributed by atoms with Crippen LogP contribution in [0.2, 0.25) is 0 Å². The van der Waals surface area contributed by atoms with Crippen molar-refractivity contribution >= 4 is 12.3 Å². The zero-order valence-electron chi connectivity index (χ0n) is 13.6. The summed E-state index contributed by atoms with van der Waals surface area (Å²) in [5.41, 5.74) is 6.16. The van der Waals surface area contributed by atoms with E-state index in [0.717, 1.165) is 16.7 Å². The third-order valence-electron chi connectivity index (χ3n) is 4.21. The van der Waals surface area contributed by atoms with Crippen LogP contribution in [0.25, 0.3) is 0 Å². The van der Waals surface area contributed by atoms with Crippen LogP contribution in [0, 0.1) is 0 Å². The lowest BCUT2D eigenvalue weighted by Gasteiger charge is -2.34. The Kier molecular flexibility index (Phi) is 4.90. The molecule has 3 aromatic carbocycles. The molecule has 0 saturated heterocycles. The first kappa shape index (κ1) is 16.5. The molecule has 124 valence electrons. The molecule has 0 bridgehead atoms. The minimum atomic E-state index is -1.08. The third kappa shape index (κ3) is 3.02. The van der Waals surface area contributed by atoms with Crippen LogP contribution in [-0.2, 0) is 15.0 Å². The third-order valence-corrected chi connectivity index (χ3v) is 4.21. The van der Waals surface area contributed by atoms with Gasteiger partial charge in [0, 0.05) is 0 Å². The zero-order valence-corrected chi connectivity index (χ0v) is 13.6. The number of amides is 2. The van der Waals surface area contributed by atoms with E-state index >= 15 is 0 Å². The summed E-state index contributed by atoms with van der Waals surface area (Å²) in [5.74, 6) is -0.330. The fourth-order valence-corrected chi connectivity index (χ4v) is 3.15. The van der Waals surface area contributed by atoms with E-state index < -0.39 is 5.41 Å². The normalized spacial score (nSPS) is 10.7. The molecule has 0 unspecified atom stereocenters. The summed E-state index contributed by atoms with van der Waals surface area (Å²) in [4.78, 5) is 24.0. The molecule has 0 aromatic heterocycles. The van der Waals surface area contributed by atoms with Crippen molar-refractivity contribution in [1.29, 1.82) is 0 Å². The molecule has 0 atom stereocenters. The number of carbonyl (C=O) groups excluding carboxylic acids is 2. The van der Waals surface area contributed by atoms with E-state index in [1.165, 1.54) is 0 Å². The number of carbonyl (C=O) groups is 2. The van der Waals surface area contributed by atoms with E-state index in [4.69, 9.17) is 0 Å². The van der Waals surface area contributed by atoms with Crippen LogP contribution < -0.4 is 10.9 Å². The van der Waals surface area contributed by atoms with Crippen LogP contribution in [0.15, 0.2) is 91.0 Å². The van der Waals surface area contributed by atoms with Gasteiger partial charge < -0.3 is 0 Å². The van der Waals surface area contributed by atoms with Gasteiger partial charge in [0.15, 0.2) is 0 Å². The minimum Gasteiger partial charge on any atom is -0.277 e. The highest BCUT2D eigenvalue weighted by Gasteiger charge is 2.43. The van der Waals surface area contributed by atoms with Gasteiger partial charge in [0.1, 0.15) is 5.41 Å². The number of benzene rings is 3. The summed E-state index contributed by atoms with van der Waals surface area (Å²) in [6.45, 7) is 0. The van der Waals surface area contributed by atoms with Gasteiger partial charge in [0.2, 0.25) is 6.41 Å². The van der Waals surface area contributed by atoms with Gasteiger partial charge in [-0.15, -0.1) is 0 Å². The first-order valence-corrected chi connectivity index (χ1v) is 7.96. The van der Waals surface area contributed by atoms with Gasteiger partial charge in [-0.25, -0.2) is 0 Å². The Bertz CT molecular complexity index is 737. The maximum atomic E-state index is 13.3. The van der Waals surface area contributed by atoms with E-state index in [2.05, 4.69) is 10.9 Å². The van der Waals surface area contributed by atoms with E-state index in [-0.39, 0.29) is 5.91 Å². The fraction of sp³-hybridized carbons (Fsp3) is 0.0476. The molecule has 0 aliphatic carbocycles. The average molecular weight is 330 g/mol. The van der Waals surface area contributed by atoms with Crippen molar-refractivity contribution in [1.82, 2.24) is 10.9 Å². The molecule has 3 rings (SSSR count). The average Bonchev–Trinajstić information content (AvgIpc) is 2.69. The summed E-state index contributed by atoms with van der Waals surface area (Å²) in [6.07, 6.45) is 0.448. The van der Waals surface area contributed by atoms with E-state index in [0.29, 0.717) is 6.41 Å². The van der Waals surface area contributed by atoms with Crippen LogP contribution in [0.5, 0.6) is 0 Å². The van der Waals surface area contributed by atoms with Crippen molar-refractivity contribution in [2.45, 2.75) is 5.41 Å². The molecule has 25 heavy (non-hydrogen) atoms. The molecule has 2 N–H and O–H groups in total. The summed E-state index contributed by atoms with van der Waals surface area (Å²) in [5, 5.41) is 0. The second-order valence-corrected chi connectivity index (χ2v) is 5.56. The highest BCUT2D eigenvalue weighted by atomic mass is 16.2. The van der Waals surface area contributed by atoms with Crippen molar-refractivity contribution in [3.05, 3.63) is 108 Å². The zero-order chi connectivity index (χ0) is 17.5. The summed E-state index contributed by atoms with van der Waals surface area (Å²) in [6, 6.07) is 28.6. The molecule has 0 spiro atoms. The van der Waals surface area contributed by atoms with Crippen molar-refractivity contribution < 1.29 is 9.59 Å². The quantitative estimate of drug-likeness (QED) is 0.415. The van der Waals surface area contributed by atoms with Crippen LogP contribution in [0.4, 0.5) is 0 Å². The van der Waals surface area contributed by atoms with Crippen molar-refractivity contribution in [2.75, 3.05) is 0 Å². The molecule has 0 heterocycles. The van der Waals surface area contributed by atoms with Crippen LogP contribution in [0.1, 0.15) is 16.7 Å². The lowest BCUT2D eigenvalue weighted by Crippen LogP contribution is -2.50. The summed E-state index contributed by atoms with van der Waals surface area (Å²) in [7, 11) is 0. The van der Waals surface area contributed by atoms with Crippen LogP contribution in [-0.4, -0.2) is 12.3 Å². The monoisotopic (exact) mass is 330 g/mol. The van der Waals surface area contributed by atoms with E-state index in [1.54, 1.807) is 0 Å². The van der Waals surface area contributed by atoms with Crippen LogP contribution >= 0.6 is 0 Å². The molecule has 2 amide bonds. The SMILES string of the molecule is O=CNNC(=O)C(c1ccccc1)(c1ccccc1)c1ccccc1. The fourth-order valence-electron chi connectivity index (χ4n) is 3.15. The Morgan fingerprint density at radius 3 is 1.36 bits per heavy atom. The van der Waals surface area contributed by atoms with Crippen molar-refractivity contribution in [3.8, 4) is 0 Å². The first-order valence-electron chi connectivity index (χ1n) is 7.96. The van der Waals surface area contributed by atoms with Gasteiger partial charge in [0.05, 0.1) is 0 Å². The number of hydrogen-bond donors (Lipinski definition) is 2. The Labute approximate surface area is 146 Å². The number of hydrogen-bond acceptors (Lipinski definition) is 2. The van der Waals surface area contributed by atoms with Gasteiger partial charge in [-0.05, 0) is 16.7 Å². The van der Waals surface area contributed by atoms with Gasteiger partial charge in [-0.1, -0.05) is 91.0 Å². The summed E-state index contributed by atoms with van der Waals surface area (Å²) >= 11 is 0.